The van der Waals surface area contributed by atoms with Gasteiger partial charge in [0.2, 0.25) is 0 Å². The van der Waals surface area contributed by atoms with Gasteiger partial charge in [0.05, 0.1) is 6.10 Å². The van der Waals surface area contributed by atoms with Crippen LogP contribution in [0.1, 0.15) is 18.1 Å². The quantitative estimate of drug-likeness (QED) is 0.709. The molecule has 24 heavy (non-hydrogen) atoms. The molecule has 0 radical (unpaired) electrons. The van der Waals surface area contributed by atoms with Gasteiger partial charge in [0.15, 0.2) is 0 Å². The largest absolute Gasteiger partial charge is 0.392 e. The Morgan fingerprint density at radius 1 is 1.21 bits per heavy atom. The fourth-order valence-corrected chi connectivity index (χ4v) is 3.07. The van der Waals surface area contributed by atoms with E-state index in [1.54, 1.807) is 13.0 Å². The summed E-state index contributed by atoms with van der Waals surface area (Å²) in [5.41, 5.74) is 3.14. The van der Waals surface area contributed by atoms with Gasteiger partial charge in [-0.1, -0.05) is 35.9 Å². The van der Waals surface area contributed by atoms with Crippen molar-refractivity contribution in [3.8, 4) is 0 Å². The van der Waals surface area contributed by atoms with E-state index < -0.39 is 0 Å². The van der Waals surface area contributed by atoms with Crippen LogP contribution in [0.3, 0.4) is 0 Å². The second-order valence-corrected chi connectivity index (χ2v) is 6.42. The molecule has 0 bridgehead atoms. The summed E-state index contributed by atoms with van der Waals surface area (Å²) < 4.78 is 15.3. The zero-order chi connectivity index (χ0) is 17.1. The van der Waals surface area contributed by atoms with E-state index in [1.807, 2.05) is 12.1 Å². The van der Waals surface area contributed by atoms with Crippen molar-refractivity contribution in [2.24, 2.45) is 0 Å². The van der Waals surface area contributed by atoms with Crippen molar-refractivity contribution >= 4 is 22.5 Å². The molecule has 0 unspecified atom stereocenters. The van der Waals surface area contributed by atoms with Crippen molar-refractivity contribution in [3.05, 3.63) is 70.6 Å². The zero-order valence-corrected chi connectivity index (χ0v) is 14.2. The number of nitrogens with zero attached hydrogens (tertiary/aromatic N) is 1. The third kappa shape index (κ3) is 3.78. The van der Waals surface area contributed by atoms with Gasteiger partial charge in [0, 0.05) is 41.8 Å². The van der Waals surface area contributed by atoms with Crippen molar-refractivity contribution in [2.45, 2.75) is 26.1 Å². The van der Waals surface area contributed by atoms with Gasteiger partial charge in [-0.3, -0.25) is 0 Å². The summed E-state index contributed by atoms with van der Waals surface area (Å²) in [5.74, 6) is -0.330. The number of para-hydroxylation sites is 1. The number of fused-ring (bicyclic) bond motifs is 1. The summed E-state index contributed by atoms with van der Waals surface area (Å²) in [7, 11) is 0. The Morgan fingerprint density at radius 2 is 2.00 bits per heavy atom. The van der Waals surface area contributed by atoms with Crippen LogP contribution in [0.5, 0.6) is 0 Å². The van der Waals surface area contributed by atoms with E-state index in [2.05, 4.69) is 28.2 Å². The van der Waals surface area contributed by atoms with Gasteiger partial charge in [-0.05, 0) is 36.2 Å². The van der Waals surface area contributed by atoms with Gasteiger partial charge < -0.3 is 15.0 Å². The number of aromatic nitrogens is 1. The van der Waals surface area contributed by atoms with E-state index in [9.17, 15) is 9.50 Å². The maximum absolute atomic E-state index is 13.2. The van der Waals surface area contributed by atoms with E-state index >= 15 is 0 Å². The number of benzene rings is 2. The molecule has 2 N–H and O–H groups in total. The standard InChI is InChI=1S/C19H20ClFN2O/c1-13(24)9-22-10-15-12-23(19-5-3-2-4-17(15)19)11-14-6-7-16(21)8-18(14)20/h2-8,12-13,22,24H,9-11H2,1H3/t13-/m1/s1. The third-order valence-corrected chi connectivity index (χ3v) is 4.33. The molecule has 126 valence electrons. The molecule has 1 heterocycles. The lowest BCUT2D eigenvalue weighted by Gasteiger charge is -2.07. The molecule has 0 spiro atoms. The number of hydrogen-bond acceptors (Lipinski definition) is 2. The Balaban J connectivity index is 1.90. The predicted molar refractivity (Wildman–Crippen MR) is 95.8 cm³/mol. The highest BCUT2D eigenvalue weighted by atomic mass is 35.5. The SMILES string of the molecule is C[C@@H](O)CNCc1cn(Cc2ccc(F)cc2Cl)c2ccccc12. The number of halogens is 2. The van der Waals surface area contributed by atoms with Crippen molar-refractivity contribution in [1.29, 1.82) is 0 Å². The van der Waals surface area contributed by atoms with Crippen molar-refractivity contribution in [3.63, 3.8) is 0 Å². The lowest BCUT2D eigenvalue weighted by atomic mass is 10.2. The highest BCUT2D eigenvalue weighted by Crippen LogP contribution is 2.25. The average molecular weight is 347 g/mol. The Hall–Kier alpha value is -1.88. The summed E-state index contributed by atoms with van der Waals surface area (Å²) in [6.07, 6.45) is 1.70. The Labute approximate surface area is 145 Å². The number of aliphatic hydroxyl groups is 1. The van der Waals surface area contributed by atoms with E-state index in [0.717, 1.165) is 22.0 Å². The molecule has 1 atom stereocenters. The van der Waals surface area contributed by atoms with E-state index in [4.69, 9.17) is 11.6 Å². The molecule has 0 aliphatic rings. The molecular formula is C19H20ClFN2O. The highest BCUT2D eigenvalue weighted by molar-refractivity contribution is 6.31. The minimum absolute atomic E-state index is 0.330. The lowest BCUT2D eigenvalue weighted by Crippen LogP contribution is -2.23. The van der Waals surface area contributed by atoms with Gasteiger partial charge in [0.25, 0.3) is 0 Å². The normalized spacial score (nSPS) is 12.7. The first-order valence-electron chi connectivity index (χ1n) is 7.94. The minimum atomic E-state index is -0.378. The van der Waals surface area contributed by atoms with Gasteiger partial charge in [-0.2, -0.15) is 0 Å². The third-order valence-electron chi connectivity index (χ3n) is 3.98. The molecule has 3 aromatic rings. The summed E-state index contributed by atoms with van der Waals surface area (Å²) >= 11 is 6.16. The van der Waals surface area contributed by atoms with Crippen LogP contribution in [0, 0.1) is 5.82 Å². The number of nitrogens with one attached hydrogen (secondary N) is 1. The molecule has 5 heteroatoms. The highest BCUT2D eigenvalue weighted by Gasteiger charge is 2.10. The molecule has 0 fully saturated rings. The van der Waals surface area contributed by atoms with Crippen molar-refractivity contribution in [1.82, 2.24) is 9.88 Å². The molecule has 3 nitrogen and oxygen atoms in total. The van der Waals surface area contributed by atoms with Crippen LogP contribution in [-0.4, -0.2) is 22.3 Å². The molecule has 0 amide bonds. The van der Waals surface area contributed by atoms with Gasteiger partial charge in [-0.15, -0.1) is 0 Å². The minimum Gasteiger partial charge on any atom is -0.392 e. The van der Waals surface area contributed by atoms with Crippen LogP contribution >= 0.6 is 11.6 Å². The summed E-state index contributed by atoms with van der Waals surface area (Å²) in [6, 6.07) is 12.6. The van der Waals surface area contributed by atoms with Gasteiger partial charge >= 0.3 is 0 Å². The second-order valence-electron chi connectivity index (χ2n) is 6.02. The Bertz CT molecular complexity index is 844. The second kappa shape index (κ2) is 7.34. The predicted octanol–water partition coefficient (Wildman–Crippen LogP) is 3.95. The van der Waals surface area contributed by atoms with Gasteiger partial charge in [0.1, 0.15) is 5.82 Å². The Morgan fingerprint density at radius 3 is 2.75 bits per heavy atom. The maximum atomic E-state index is 13.2. The lowest BCUT2D eigenvalue weighted by molar-refractivity contribution is 0.191. The maximum Gasteiger partial charge on any atom is 0.124 e. The number of aliphatic hydroxyl groups excluding tert-OH is 1. The molecule has 0 saturated carbocycles. The van der Waals surface area contributed by atoms with Crippen LogP contribution in [0.4, 0.5) is 4.39 Å². The number of rotatable bonds is 6. The van der Waals surface area contributed by atoms with Crippen LogP contribution in [0.15, 0.2) is 48.7 Å². The average Bonchev–Trinajstić information content (AvgIpc) is 2.88. The van der Waals surface area contributed by atoms with Crippen LogP contribution in [0.25, 0.3) is 10.9 Å². The molecule has 1 aromatic heterocycles. The van der Waals surface area contributed by atoms with E-state index in [0.29, 0.717) is 24.7 Å². The van der Waals surface area contributed by atoms with Crippen LogP contribution < -0.4 is 5.32 Å². The van der Waals surface area contributed by atoms with Crippen LogP contribution in [-0.2, 0) is 13.1 Å². The van der Waals surface area contributed by atoms with Crippen molar-refractivity contribution in [2.75, 3.05) is 6.54 Å². The van der Waals surface area contributed by atoms with Crippen LogP contribution in [0.2, 0.25) is 5.02 Å². The first-order chi connectivity index (χ1) is 11.5. The number of hydrogen-bond donors (Lipinski definition) is 2. The summed E-state index contributed by atoms with van der Waals surface area (Å²) in [5, 5.41) is 14.2. The molecule has 0 aliphatic heterocycles. The molecule has 0 aliphatic carbocycles. The zero-order valence-electron chi connectivity index (χ0n) is 13.5. The monoisotopic (exact) mass is 346 g/mol. The smallest absolute Gasteiger partial charge is 0.124 e. The first-order valence-corrected chi connectivity index (χ1v) is 8.32. The molecule has 2 aromatic carbocycles. The fraction of sp³-hybridized carbons (Fsp3) is 0.263. The molecular weight excluding hydrogens is 327 g/mol. The van der Waals surface area contributed by atoms with Crippen molar-refractivity contribution < 1.29 is 9.50 Å². The molecule has 3 rings (SSSR count). The topological polar surface area (TPSA) is 37.2 Å². The van der Waals surface area contributed by atoms with E-state index in [1.165, 1.54) is 12.1 Å². The summed E-state index contributed by atoms with van der Waals surface area (Å²) in [4.78, 5) is 0. The first kappa shape index (κ1) is 17.0. The Kier molecular flexibility index (Phi) is 5.19. The summed E-state index contributed by atoms with van der Waals surface area (Å²) in [6.45, 7) is 3.56. The van der Waals surface area contributed by atoms with E-state index in [-0.39, 0.29) is 11.9 Å². The van der Waals surface area contributed by atoms with Gasteiger partial charge in [-0.25, -0.2) is 4.39 Å². The molecule has 0 saturated heterocycles. The fourth-order valence-electron chi connectivity index (χ4n) is 2.84.